The first-order valence-electron chi connectivity index (χ1n) is 15.3. The number of ether oxygens (including phenoxy) is 1. The number of hydrogen-bond donors (Lipinski definition) is 1. The average Bonchev–Trinajstić information content (AvgIpc) is 3.47. The van der Waals surface area contributed by atoms with E-state index in [4.69, 9.17) is 14.7 Å². The number of likely N-dealkylation sites (tertiary alicyclic amines) is 1. The summed E-state index contributed by atoms with van der Waals surface area (Å²) in [6.07, 6.45) is 9.34. The van der Waals surface area contributed by atoms with Crippen LogP contribution in [0.4, 0.5) is 28.1 Å². The molecule has 2 aromatic rings. The second-order valence-electron chi connectivity index (χ2n) is 13.4. The number of anilines is 4. The molecule has 6 rings (SSSR count). The second-order valence-corrected chi connectivity index (χ2v) is 13.4. The summed E-state index contributed by atoms with van der Waals surface area (Å²) in [6.45, 7) is 13.2. The van der Waals surface area contributed by atoms with Crippen LogP contribution in [0.2, 0.25) is 0 Å². The van der Waals surface area contributed by atoms with Crippen LogP contribution in [0.3, 0.4) is 0 Å². The number of hydrogen-bond acceptors (Lipinski definition) is 9. The Balaban J connectivity index is 1.14. The predicted molar refractivity (Wildman–Crippen MR) is 164 cm³/mol. The molecular weight excluding hydrogens is 530 g/mol. The number of amides is 1. The molecule has 2 saturated heterocycles. The molecule has 0 aromatic carbocycles. The maximum atomic E-state index is 12.6. The van der Waals surface area contributed by atoms with Crippen molar-refractivity contribution in [1.29, 1.82) is 0 Å². The Bertz CT molecular complexity index is 1360. The number of carbonyl (C=O) groups excluding carboxylic acids is 2. The number of rotatable bonds is 5. The number of allylic oxidation sites excluding steroid dienone is 1. The van der Waals surface area contributed by atoms with Crippen LogP contribution in [0.25, 0.3) is 5.57 Å². The number of aromatic nitrogens is 3. The van der Waals surface area contributed by atoms with Crippen LogP contribution < -0.4 is 15.1 Å². The van der Waals surface area contributed by atoms with Gasteiger partial charge in [-0.3, -0.25) is 4.79 Å². The molecule has 2 unspecified atom stereocenters. The standard InChI is InChI=1S/C32H43N7O3/c1-20-26-14-34-30(36-29(26)39(19-27(20)21(2)40)24-8-6-7-9-24)35-28-11-10-25(13-33-28)37-15-22-12-23(16-37)18-38(17-22)31(41)42-32(3,4)5/h10-11,13-14,22-24H,6-9,12,15-19H2,1-5H3,(H,33,34,35,36). The van der Waals surface area contributed by atoms with Crippen molar-refractivity contribution in [3.05, 3.63) is 35.7 Å². The molecule has 10 heteroatoms. The van der Waals surface area contributed by atoms with Gasteiger partial charge in [-0.2, -0.15) is 4.98 Å². The fourth-order valence-corrected chi connectivity index (χ4v) is 7.07. The van der Waals surface area contributed by atoms with Crippen molar-refractivity contribution in [3.8, 4) is 0 Å². The molecule has 2 atom stereocenters. The van der Waals surface area contributed by atoms with Crippen LogP contribution in [-0.4, -0.2) is 76.1 Å². The molecule has 1 amide bonds. The van der Waals surface area contributed by atoms with Gasteiger partial charge >= 0.3 is 6.09 Å². The van der Waals surface area contributed by atoms with Gasteiger partial charge in [0.2, 0.25) is 5.95 Å². The average molecular weight is 574 g/mol. The summed E-state index contributed by atoms with van der Waals surface area (Å²) in [5, 5.41) is 3.30. The van der Waals surface area contributed by atoms with Crippen molar-refractivity contribution in [2.45, 2.75) is 78.4 Å². The summed E-state index contributed by atoms with van der Waals surface area (Å²) in [5.41, 5.74) is 3.37. The summed E-state index contributed by atoms with van der Waals surface area (Å²) in [6, 6.07) is 4.46. The zero-order valence-electron chi connectivity index (χ0n) is 25.5. The van der Waals surface area contributed by atoms with Gasteiger partial charge in [-0.05, 0) is 83.4 Å². The molecule has 2 aromatic heterocycles. The topological polar surface area (TPSA) is 104 Å². The minimum absolute atomic E-state index is 0.116. The molecule has 3 fully saturated rings. The molecule has 10 nitrogen and oxygen atoms in total. The van der Waals surface area contributed by atoms with E-state index in [1.54, 1.807) is 6.92 Å². The van der Waals surface area contributed by atoms with Gasteiger partial charge in [0.25, 0.3) is 0 Å². The van der Waals surface area contributed by atoms with E-state index < -0.39 is 5.60 Å². The number of ketones is 1. The zero-order chi connectivity index (χ0) is 29.6. The molecule has 1 aliphatic carbocycles. The Labute approximate surface area is 248 Å². The van der Waals surface area contributed by atoms with E-state index in [-0.39, 0.29) is 11.9 Å². The first kappa shape index (κ1) is 28.4. The van der Waals surface area contributed by atoms with E-state index in [0.29, 0.717) is 36.2 Å². The lowest BCUT2D eigenvalue weighted by atomic mass is 9.84. The summed E-state index contributed by atoms with van der Waals surface area (Å²) in [5.74, 6) is 3.04. The van der Waals surface area contributed by atoms with Crippen molar-refractivity contribution < 1.29 is 14.3 Å². The Morgan fingerprint density at radius 1 is 1.00 bits per heavy atom. The molecule has 42 heavy (non-hydrogen) atoms. The summed E-state index contributed by atoms with van der Waals surface area (Å²) >= 11 is 0. The summed E-state index contributed by atoms with van der Waals surface area (Å²) in [4.78, 5) is 45.9. The highest BCUT2D eigenvalue weighted by Gasteiger charge is 2.38. The molecular formula is C32H43N7O3. The number of piperidine rings is 2. The second kappa shape index (κ2) is 11.2. The van der Waals surface area contributed by atoms with Crippen molar-refractivity contribution >= 4 is 40.7 Å². The van der Waals surface area contributed by atoms with Crippen molar-refractivity contribution in [2.75, 3.05) is 47.8 Å². The maximum Gasteiger partial charge on any atom is 0.410 e. The lowest BCUT2D eigenvalue weighted by Crippen LogP contribution is -2.55. The Hall–Kier alpha value is -3.69. The van der Waals surface area contributed by atoms with Crippen molar-refractivity contribution in [3.63, 3.8) is 0 Å². The largest absolute Gasteiger partial charge is 0.444 e. The third-order valence-corrected chi connectivity index (χ3v) is 9.00. The third-order valence-electron chi connectivity index (χ3n) is 9.00. The maximum absolute atomic E-state index is 12.6. The Morgan fingerprint density at radius 2 is 1.71 bits per heavy atom. The number of fused-ring (bicyclic) bond motifs is 3. The highest BCUT2D eigenvalue weighted by Crippen LogP contribution is 2.38. The van der Waals surface area contributed by atoms with Gasteiger partial charge < -0.3 is 24.8 Å². The highest BCUT2D eigenvalue weighted by atomic mass is 16.6. The van der Waals surface area contributed by atoms with Gasteiger partial charge in [-0.1, -0.05) is 12.8 Å². The number of carbonyl (C=O) groups is 2. The van der Waals surface area contributed by atoms with E-state index in [1.807, 2.05) is 51.1 Å². The third kappa shape index (κ3) is 5.94. The lowest BCUT2D eigenvalue weighted by Gasteiger charge is -2.46. The molecule has 224 valence electrons. The first-order valence-corrected chi connectivity index (χ1v) is 15.3. The summed E-state index contributed by atoms with van der Waals surface area (Å²) in [7, 11) is 0. The van der Waals surface area contributed by atoms with Gasteiger partial charge in [-0.15, -0.1) is 0 Å². The molecule has 0 radical (unpaired) electrons. The Kier molecular flexibility index (Phi) is 7.57. The van der Waals surface area contributed by atoms with Gasteiger partial charge in [0.1, 0.15) is 17.2 Å². The Morgan fingerprint density at radius 3 is 2.33 bits per heavy atom. The van der Waals surface area contributed by atoms with Gasteiger partial charge in [-0.25, -0.2) is 14.8 Å². The molecule has 3 aliphatic heterocycles. The lowest BCUT2D eigenvalue weighted by molar-refractivity contribution is -0.113. The molecule has 2 bridgehead atoms. The van der Waals surface area contributed by atoms with E-state index in [2.05, 4.69) is 26.2 Å². The SMILES string of the molecule is CC(=O)C1=C(C)c2cnc(Nc3ccc(N4CC5CC(CN(C(=O)OC(C)(C)C)C5)C4)cn3)nc2N(C2CCCC2)C1. The predicted octanol–water partition coefficient (Wildman–Crippen LogP) is 5.43. The normalized spacial score (nSPS) is 22.7. The number of nitrogens with zero attached hydrogens (tertiary/aromatic N) is 6. The number of Topliss-reactive ketones (excluding diaryl/α,β-unsaturated/α-hetero) is 1. The smallest absolute Gasteiger partial charge is 0.410 e. The van der Waals surface area contributed by atoms with Crippen LogP contribution in [0.5, 0.6) is 0 Å². The van der Waals surface area contributed by atoms with Crippen LogP contribution >= 0.6 is 0 Å². The van der Waals surface area contributed by atoms with Crippen molar-refractivity contribution in [1.82, 2.24) is 19.9 Å². The number of pyridine rings is 1. The fourth-order valence-electron chi connectivity index (χ4n) is 7.07. The van der Waals surface area contributed by atoms with Gasteiger partial charge in [0.15, 0.2) is 5.78 Å². The van der Waals surface area contributed by atoms with E-state index in [0.717, 1.165) is 73.7 Å². The summed E-state index contributed by atoms with van der Waals surface area (Å²) < 4.78 is 5.63. The molecule has 1 saturated carbocycles. The first-order chi connectivity index (χ1) is 20.0. The fraction of sp³-hybridized carbons (Fsp3) is 0.594. The van der Waals surface area contributed by atoms with E-state index >= 15 is 0 Å². The van der Waals surface area contributed by atoms with Crippen LogP contribution in [0.15, 0.2) is 30.1 Å². The monoisotopic (exact) mass is 573 g/mol. The quantitative estimate of drug-likeness (QED) is 0.501. The van der Waals surface area contributed by atoms with Gasteiger partial charge in [0.05, 0.1) is 11.9 Å². The minimum atomic E-state index is -0.481. The van der Waals surface area contributed by atoms with Gasteiger partial charge in [0, 0.05) is 56.1 Å². The van der Waals surface area contributed by atoms with Crippen LogP contribution in [0.1, 0.15) is 72.3 Å². The zero-order valence-corrected chi connectivity index (χ0v) is 25.5. The van der Waals surface area contributed by atoms with E-state index in [1.165, 1.54) is 12.8 Å². The molecule has 1 N–H and O–H groups in total. The number of nitrogens with one attached hydrogen (secondary N) is 1. The molecule has 4 aliphatic rings. The molecule has 5 heterocycles. The highest BCUT2D eigenvalue weighted by molar-refractivity contribution is 6.04. The molecule has 0 spiro atoms. The van der Waals surface area contributed by atoms with Crippen LogP contribution in [0, 0.1) is 11.8 Å². The van der Waals surface area contributed by atoms with Crippen molar-refractivity contribution in [2.24, 2.45) is 11.8 Å². The van der Waals surface area contributed by atoms with E-state index in [9.17, 15) is 9.59 Å². The minimum Gasteiger partial charge on any atom is -0.444 e. The van der Waals surface area contributed by atoms with Crippen LogP contribution in [-0.2, 0) is 9.53 Å².